The number of anilines is 1. The molecule has 2 fully saturated rings. The summed E-state index contributed by atoms with van der Waals surface area (Å²) < 4.78 is 29.4. The van der Waals surface area contributed by atoms with Gasteiger partial charge in [0.1, 0.15) is 0 Å². The molecule has 6 nitrogen and oxygen atoms in total. The maximum absolute atomic E-state index is 12.5. The van der Waals surface area contributed by atoms with Crippen LogP contribution in [0.25, 0.3) is 4.96 Å². The smallest absolute Gasteiger partial charge is 0.260 e. The zero-order chi connectivity index (χ0) is 14.6. The van der Waals surface area contributed by atoms with Crippen LogP contribution >= 0.6 is 11.3 Å². The summed E-state index contributed by atoms with van der Waals surface area (Å²) >= 11 is 1.37. The van der Waals surface area contributed by atoms with Crippen LogP contribution in [0.3, 0.4) is 0 Å². The Morgan fingerprint density at radius 3 is 3.00 bits per heavy atom. The van der Waals surface area contributed by atoms with Gasteiger partial charge in [-0.3, -0.25) is 4.40 Å². The summed E-state index contributed by atoms with van der Waals surface area (Å²) in [5, 5.41) is 1.87. The van der Waals surface area contributed by atoms with Gasteiger partial charge in [0, 0.05) is 18.1 Å². The third-order valence-electron chi connectivity index (χ3n) is 4.92. The monoisotopic (exact) mass is 326 g/mol. The highest BCUT2D eigenvalue weighted by atomic mass is 32.2. The number of nitrogens with one attached hydrogen (secondary N) is 1. The number of nitrogens with zero attached hydrogens (tertiary/aromatic N) is 2. The molecule has 0 aliphatic heterocycles. The fourth-order valence-electron chi connectivity index (χ4n) is 3.96. The third kappa shape index (κ3) is 2.16. The van der Waals surface area contributed by atoms with Crippen molar-refractivity contribution in [3.63, 3.8) is 0 Å². The first kappa shape index (κ1) is 13.5. The Kier molecular flexibility index (Phi) is 3.02. The van der Waals surface area contributed by atoms with Crippen LogP contribution in [0.1, 0.15) is 25.7 Å². The minimum absolute atomic E-state index is 0.0712. The van der Waals surface area contributed by atoms with Gasteiger partial charge < -0.3 is 5.73 Å². The van der Waals surface area contributed by atoms with E-state index in [9.17, 15) is 8.42 Å². The molecular formula is C13H18N4O2S2. The molecule has 114 valence electrons. The molecule has 0 radical (unpaired) electrons. The lowest BCUT2D eigenvalue weighted by Crippen LogP contribution is -2.32. The van der Waals surface area contributed by atoms with Gasteiger partial charge in [0.25, 0.3) is 10.0 Å². The van der Waals surface area contributed by atoms with Gasteiger partial charge in [-0.25, -0.2) is 18.1 Å². The van der Waals surface area contributed by atoms with Crippen molar-refractivity contribution < 1.29 is 8.42 Å². The summed E-state index contributed by atoms with van der Waals surface area (Å²) in [6.07, 6.45) is 6.69. The van der Waals surface area contributed by atoms with E-state index in [0.29, 0.717) is 23.3 Å². The molecule has 2 bridgehead atoms. The largest absolute Gasteiger partial charge is 0.381 e. The minimum atomic E-state index is -3.62. The van der Waals surface area contributed by atoms with Gasteiger partial charge in [-0.2, -0.15) is 0 Å². The number of sulfonamides is 1. The normalized spacial score (nSPS) is 28.7. The lowest BCUT2D eigenvalue weighted by Gasteiger charge is -2.21. The second-order valence-electron chi connectivity index (χ2n) is 6.14. The van der Waals surface area contributed by atoms with Crippen LogP contribution in [0.5, 0.6) is 0 Å². The van der Waals surface area contributed by atoms with Crippen molar-refractivity contribution in [2.45, 2.75) is 30.7 Å². The Labute approximate surface area is 127 Å². The molecule has 3 atom stereocenters. The molecule has 2 aliphatic rings. The Morgan fingerprint density at radius 2 is 2.29 bits per heavy atom. The van der Waals surface area contributed by atoms with Crippen LogP contribution in [0.15, 0.2) is 16.6 Å². The first-order valence-corrected chi connectivity index (χ1v) is 9.61. The van der Waals surface area contributed by atoms with Gasteiger partial charge in [0.15, 0.2) is 15.8 Å². The average Bonchev–Trinajstić information content (AvgIpc) is 3.14. The van der Waals surface area contributed by atoms with Gasteiger partial charge in [0.2, 0.25) is 0 Å². The number of hydrogen-bond acceptors (Lipinski definition) is 5. The van der Waals surface area contributed by atoms with E-state index in [4.69, 9.17) is 5.73 Å². The molecule has 0 saturated heterocycles. The van der Waals surface area contributed by atoms with Crippen LogP contribution in [0.2, 0.25) is 0 Å². The van der Waals surface area contributed by atoms with E-state index < -0.39 is 10.0 Å². The van der Waals surface area contributed by atoms with E-state index >= 15 is 0 Å². The molecule has 8 heteroatoms. The van der Waals surface area contributed by atoms with E-state index in [1.165, 1.54) is 30.6 Å². The molecule has 0 aromatic carbocycles. The van der Waals surface area contributed by atoms with Crippen molar-refractivity contribution in [2.75, 3.05) is 12.3 Å². The van der Waals surface area contributed by atoms with E-state index in [1.807, 2.05) is 0 Å². The summed E-state index contributed by atoms with van der Waals surface area (Å²) in [5.41, 5.74) is 5.78. The van der Waals surface area contributed by atoms with E-state index in [2.05, 4.69) is 9.71 Å². The second-order valence-corrected chi connectivity index (χ2v) is 8.70. The lowest BCUT2D eigenvalue weighted by atomic mass is 9.89. The van der Waals surface area contributed by atoms with Crippen molar-refractivity contribution in [3.8, 4) is 0 Å². The number of nitrogen functional groups attached to an aromatic ring is 1. The third-order valence-corrected chi connectivity index (χ3v) is 7.14. The first-order chi connectivity index (χ1) is 10.0. The van der Waals surface area contributed by atoms with Crippen molar-refractivity contribution in [3.05, 3.63) is 11.6 Å². The molecule has 2 aromatic heterocycles. The predicted molar refractivity (Wildman–Crippen MR) is 81.6 cm³/mol. The zero-order valence-electron chi connectivity index (χ0n) is 11.5. The molecule has 3 unspecified atom stereocenters. The van der Waals surface area contributed by atoms with Gasteiger partial charge in [-0.1, -0.05) is 6.42 Å². The number of fused-ring (bicyclic) bond motifs is 3. The molecule has 2 aromatic rings. The molecule has 21 heavy (non-hydrogen) atoms. The second kappa shape index (κ2) is 4.69. The van der Waals surface area contributed by atoms with Crippen molar-refractivity contribution in [1.82, 2.24) is 14.1 Å². The first-order valence-electron chi connectivity index (χ1n) is 7.25. The predicted octanol–water partition coefficient (Wildman–Crippen LogP) is 1.69. The number of thiazole rings is 1. The fraction of sp³-hybridized carbons (Fsp3) is 0.615. The molecule has 3 N–H and O–H groups in total. The molecule has 4 rings (SSSR count). The summed E-state index contributed by atoms with van der Waals surface area (Å²) in [7, 11) is -3.62. The van der Waals surface area contributed by atoms with Crippen LogP contribution in [0, 0.1) is 17.8 Å². The standard InChI is InChI=1S/C13H18N4O2S2/c14-11-12(17-3-4-20-13(17)16-11)21(18,19)15-7-10-6-8-1-2-9(10)5-8/h3-4,8-10,15H,1-2,5-7,14H2. The molecule has 0 amide bonds. The van der Waals surface area contributed by atoms with Crippen LogP contribution < -0.4 is 10.5 Å². The SMILES string of the molecule is Nc1nc2sccn2c1S(=O)(=O)NCC1CC2CCC1C2. The number of imidazole rings is 1. The summed E-state index contributed by atoms with van der Waals surface area (Å²) in [6.45, 7) is 0.514. The summed E-state index contributed by atoms with van der Waals surface area (Å²) in [6, 6.07) is 0. The number of hydrogen-bond donors (Lipinski definition) is 2. The minimum Gasteiger partial charge on any atom is -0.381 e. The van der Waals surface area contributed by atoms with Crippen LogP contribution in [-0.2, 0) is 10.0 Å². The van der Waals surface area contributed by atoms with Crippen molar-refractivity contribution in [1.29, 1.82) is 0 Å². The molecule has 2 aliphatic carbocycles. The highest BCUT2D eigenvalue weighted by Crippen LogP contribution is 2.48. The van der Waals surface area contributed by atoms with Crippen molar-refractivity contribution >= 4 is 32.1 Å². The Morgan fingerprint density at radius 1 is 1.43 bits per heavy atom. The maximum Gasteiger partial charge on any atom is 0.260 e. The number of aromatic nitrogens is 2. The Bertz CT molecular complexity index is 779. The van der Waals surface area contributed by atoms with Gasteiger partial charge in [-0.15, -0.1) is 11.3 Å². The Balaban J connectivity index is 1.56. The topological polar surface area (TPSA) is 89.5 Å². The lowest BCUT2D eigenvalue weighted by molar-refractivity contribution is 0.332. The summed E-state index contributed by atoms with van der Waals surface area (Å²) in [5.74, 6) is 2.06. The zero-order valence-corrected chi connectivity index (χ0v) is 13.2. The molecular weight excluding hydrogens is 308 g/mol. The molecule has 2 heterocycles. The van der Waals surface area contributed by atoms with Crippen molar-refractivity contribution in [2.24, 2.45) is 17.8 Å². The highest BCUT2D eigenvalue weighted by Gasteiger charge is 2.40. The van der Waals surface area contributed by atoms with E-state index in [-0.39, 0.29) is 10.8 Å². The van der Waals surface area contributed by atoms with Crippen LogP contribution in [0.4, 0.5) is 5.82 Å². The van der Waals surface area contributed by atoms with E-state index in [1.54, 1.807) is 16.0 Å². The summed E-state index contributed by atoms with van der Waals surface area (Å²) in [4.78, 5) is 4.70. The van der Waals surface area contributed by atoms with Crippen LogP contribution in [-0.4, -0.2) is 24.3 Å². The number of rotatable bonds is 4. The molecule has 2 saturated carbocycles. The molecule has 0 spiro atoms. The maximum atomic E-state index is 12.5. The quantitative estimate of drug-likeness (QED) is 0.895. The average molecular weight is 326 g/mol. The van der Waals surface area contributed by atoms with Gasteiger partial charge >= 0.3 is 0 Å². The van der Waals surface area contributed by atoms with E-state index in [0.717, 1.165) is 12.3 Å². The van der Waals surface area contributed by atoms with Gasteiger partial charge in [0.05, 0.1) is 0 Å². The number of nitrogens with two attached hydrogens (primary N) is 1. The van der Waals surface area contributed by atoms with Gasteiger partial charge in [-0.05, 0) is 37.0 Å². The Hall–Kier alpha value is -1.12. The highest BCUT2D eigenvalue weighted by molar-refractivity contribution is 7.89. The fourth-order valence-corrected chi connectivity index (χ4v) is 6.04.